The first-order chi connectivity index (χ1) is 27.2. The van der Waals surface area contributed by atoms with Gasteiger partial charge in [-0.2, -0.15) is 0 Å². The fraction of sp³-hybridized carbons (Fsp3) is 0.217. The van der Waals surface area contributed by atoms with E-state index in [1.54, 1.807) is 88.7 Å². The maximum Gasteiger partial charge on any atom is 0.246 e. The number of carbonyl (C=O) groups is 4. The summed E-state index contributed by atoms with van der Waals surface area (Å²) >= 11 is 0. The summed E-state index contributed by atoms with van der Waals surface area (Å²) in [6.45, 7) is 2.52. The molecule has 0 heterocycles. The van der Waals surface area contributed by atoms with Gasteiger partial charge in [-0.15, -0.1) is 0 Å². The molecule has 0 radical (unpaired) electrons. The number of phenols is 2. The standard InChI is InChI=1S/C46H50N4O6/c51-41-23-15-39(16-24-41)20-28-44(54)48-32-10-36-50(46(56)30-22-40-17-25-42(52)26-18-40)34-8-7-33-49(45(55)29-21-38-13-5-2-6-14-38)35-9-31-47-43(53)27-19-37-11-3-1-4-12-37/h1-6,11-30,51-52H,7-10,31-36H2,(H,47,53)(H,48,54)/b27-19+,28-20+,29-21+,30-22+. The van der Waals surface area contributed by atoms with Crippen LogP contribution in [0.25, 0.3) is 24.3 Å². The molecule has 4 N–H and O–H groups in total. The summed E-state index contributed by atoms with van der Waals surface area (Å²) < 4.78 is 0. The molecule has 10 nitrogen and oxygen atoms in total. The fourth-order valence-electron chi connectivity index (χ4n) is 5.54. The molecule has 4 aromatic carbocycles. The molecule has 0 saturated heterocycles. The molecule has 56 heavy (non-hydrogen) atoms. The van der Waals surface area contributed by atoms with Crippen LogP contribution in [0.5, 0.6) is 11.5 Å². The first-order valence-electron chi connectivity index (χ1n) is 18.8. The van der Waals surface area contributed by atoms with Gasteiger partial charge in [-0.3, -0.25) is 19.2 Å². The van der Waals surface area contributed by atoms with Crippen LogP contribution >= 0.6 is 0 Å². The van der Waals surface area contributed by atoms with Gasteiger partial charge in [0, 0.05) is 63.6 Å². The molecular weight excluding hydrogens is 705 g/mol. The molecule has 10 heteroatoms. The van der Waals surface area contributed by atoms with Gasteiger partial charge in [0.25, 0.3) is 0 Å². The van der Waals surface area contributed by atoms with Crippen LogP contribution in [0, 0.1) is 0 Å². The molecule has 0 aromatic heterocycles. The van der Waals surface area contributed by atoms with E-state index in [0.717, 1.165) is 22.3 Å². The van der Waals surface area contributed by atoms with Crippen LogP contribution in [-0.4, -0.2) is 82.9 Å². The summed E-state index contributed by atoms with van der Waals surface area (Å²) in [5.41, 5.74) is 3.39. The Balaban J connectivity index is 1.31. The Morgan fingerprint density at radius 1 is 0.429 bits per heavy atom. The van der Waals surface area contributed by atoms with Crippen LogP contribution in [0.4, 0.5) is 0 Å². The van der Waals surface area contributed by atoms with Crippen molar-refractivity contribution in [3.8, 4) is 11.5 Å². The highest BCUT2D eigenvalue weighted by Gasteiger charge is 2.14. The summed E-state index contributed by atoms with van der Waals surface area (Å²) in [6.07, 6.45) is 15.2. The average Bonchev–Trinajstić information content (AvgIpc) is 3.22. The second kappa shape index (κ2) is 23.9. The number of nitrogens with one attached hydrogen (secondary N) is 2. The van der Waals surface area contributed by atoms with E-state index in [-0.39, 0.29) is 35.1 Å². The summed E-state index contributed by atoms with van der Waals surface area (Å²) in [7, 11) is 0. The minimum absolute atomic E-state index is 0.135. The zero-order valence-corrected chi connectivity index (χ0v) is 31.5. The van der Waals surface area contributed by atoms with Crippen LogP contribution in [0.3, 0.4) is 0 Å². The molecule has 4 rings (SSSR count). The lowest BCUT2D eigenvalue weighted by Gasteiger charge is -2.24. The Morgan fingerprint density at radius 3 is 1.12 bits per heavy atom. The quantitative estimate of drug-likeness (QED) is 0.0552. The number of unbranched alkanes of at least 4 members (excludes halogenated alkanes) is 1. The van der Waals surface area contributed by atoms with Crippen molar-refractivity contribution >= 4 is 47.9 Å². The SMILES string of the molecule is O=C(/C=C/c1ccccc1)NCCCN(CCCCN(CCCNC(=O)/C=C/c1ccc(O)cc1)C(=O)/C=C/c1ccc(O)cc1)C(=O)/C=C/c1ccccc1. The van der Waals surface area contributed by atoms with Crippen LogP contribution in [0.2, 0.25) is 0 Å². The highest BCUT2D eigenvalue weighted by Crippen LogP contribution is 2.13. The van der Waals surface area contributed by atoms with E-state index in [4.69, 9.17) is 0 Å². The molecule has 0 unspecified atom stereocenters. The van der Waals surface area contributed by atoms with Gasteiger partial charge < -0.3 is 30.6 Å². The normalized spacial score (nSPS) is 11.4. The summed E-state index contributed by atoms with van der Waals surface area (Å²) in [5.74, 6) is -0.506. The van der Waals surface area contributed by atoms with E-state index in [9.17, 15) is 29.4 Å². The van der Waals surface area contributed by atoms with Gasteiger partial charge in [0.15, 0.2) is 0 Å². The molecule has 0 bridgehead atoms. The molecule has 0 spiro atoms. The van der Waals surface area contributed by atoms with Gasteiger partial charge in [0.1, 0.15) is 11.5 Å². The van der Waals surface area contributed by atoms with Crippen LogP contribution < -0.4 is 10.6 Å². The topological polar surface area (TPSA) is 139 Å². The number of rotatable bonds is 21. The van der Waals surface area contributed by atoms with E-state index in [0.29, 0.717) is 65.0 Å². The molecule has 0 aliphatic rings. The molecule has 0 aliphatic carbocycles. The number of phenolic OH excluding ortho intramolecular Hbond substituents is 2. The van der Waals surface area contributed by atoms with Crippen molar-refractivity contribution in [2.45, 2.75) is 25.7 Å². The lowest BCUT2D eigenvalue weighted by Crippen LogP contribution is -2.36. The van der Waals surface area contributed by atoms with Crippen molar-refractivity contribution in [1.29, 1.82) is 0 Å². The fourth-order valence-corrected chi connectivity index (χ4v) is 5.54. The maximum atomic E-state index is 13.4. The summed E-state index contributed by atoms with van der Waals surface area (Å²) in [5, 5.41) is 24.8. The van der Waals surface area contributed by atoms with Gasteiger partial charge in [0.05, 0.1) is 0 Å². The second-order valence-corrected chi connectivity index (χ2v) is 13.0. The van der Waals surface area contributed by atoms with E-state index >= 15 is 0 Å². The van der Waals surface area contributed by atoms with E-state index < -0.39 is 0 Å². The smallest absolute Gasteiger partial charge is 0.246 e. The van der Waals surface area contributed by atoms with Crippen molar-refractivity contribution in [1.82, 2.24) is 20.4 Å². The number of hydrogen-bond donors (Lipinski definition) is 4. The van der Waals surface area contributed by atoms with Gasteiger partial charge >= 0.3 is 0 Å². The lowest BCUT2D eigenvalue weighted by atomic mass is 10.2. The molecule has 0 saturated carbocycles. The highest BCUT2D eigenvalue weighted by atomic mass is 16.3. The minimum atomic E-state index is -0.266. The average molecular weight is 755 g/mol. The largest absolute Gasteiger partial charge is 0.508 e. The Hall–Kier alpha value is -6.68. The van der Waals surface area contributed by atoms with Gasteiger partial charge in [-0.25, -0.2) is 0 Å². The maximum absolute atomic E-state index is 13.4. The van der Waals surface area contributed by atoms with Crippen molar-refractivity contribution in [3.63, 3.8) is 0 Å². The summed E-state index contributed by atoms with van der Waals surface area (Å²) in [6, 6.07) is 32.2. The van der Waals surface area contributed by atoms with Crippen molar-refractivity contribution in [2.24, 2.45) is 0 Å². The molecule has 0 fully saturated rings. The number of benzene rings is 4. The summed E-state index contributed by atoms with van der Waals surface area (Å²) in [4.78, 5) is 55.0. The van der Waals surface area contributed by atoms with Gasteiger partial charge in [0.2, 0.25) is 23.6 Å². The molecular formula is C46H50N4O6. The zero-order valence-electron chi connectivity index (χ0n) is 31.5. The van der Waals surface area contributed by atoms with Gasteiger partial charge in [-0.1, -0.05) is 84.9 Å². The first kappa shape index (κ1) is 42.1. The predicted octanol–water partition coefficient (Wildman–Crippen LogP) is 6.70. The highest BCUT2D eigenvalue weighted by molar-refractivity contribution is 5.93. The Kier molecular flexibility index (Phi) is 17.9. The molecule has 0 aliphatic heterocycles. The zero-order chi connectivity index (χ0) is 39.8. The lowest BCUT2D eigenvalue weighted by molar-refractivity contribution is -0.127. The van der Waals surface area contributed by atoms with Crippen molar-refractivity contribution < 1.29 is 29.4 Å². The van der Waals surface area contributed by atoms with Crippen LogP contribution in [0.1, 0.15) is 47.9 Å². The Morgan fingerprint density at radius 2 is 0.750 bits per heavy atom. The Labute approximate surface area is 329 Å². The predicted molar refractivity (Wildman–Crippen MR) is 223 cm³/mol. The third-order valence-electron chi connectivity index (χ3n) is 8.61. The van der Waals surface area contributed by atoms with E-state index in [2.05, 4.69) is 10.6 Å². The minimum Gasteiger partial charge on any atom is -0.508 e. The molecule has 4 aromatic rings. The second-order valence-electron chi connectivity index (χ2n) is 13.0. The van der Waals surface area contributed by atoms with E-state index in [1.165, 1.54) is 18.2 Å². The molecule has 4 amide bonds. The number of hydrogen-bond acceptors (Lipinski definition) is 6. The van der Waals surface area contributed by atoms with E-state index in [1.807, 2.05) is 60.7 Å². The number of carbonyl (C=O) groups excluding carboxylic acids is 4. The Bertz CT molecular complexity index is 1940. The van der Waals surface area contributed by atoms with Gasteiger partial charge in [-0.05, 0) is 96.5 Å². The number of aromatic hydroxyl groups is 2. The van der Waals surface area contributed by atoms with Crippen LogP contribution in [-0.2, 0) is 19.2 Å². The third kappa shape index (κ3) is 16.6. The monoisotopic (exact) mass is 754 g/mol. The van der Waals surface area contributed by atoms with Crippen molar-refractivity contribution in [2.75, 3.05) is 39.3 Å². The molecule has 290 valence electrons. The number of nitrogens with zero attached hydrogens (tertiary/aromatic N) is 2. The number of amides is 4. The third-order valence-corrected chi connectivity index (χ3v) is 8.61. The van der Waals surface area contributed by atoms with Crippen molar-refractivity contribution in [3.05, 3.63) is 156 Å². The molecule has 0 atom stereocenters. The first-order valence-corrected chi connectivity index (χ1v) is 18.8. The van der Waals surface area contributed by atoms with Crippen LogP contribution in [0.15, 0.2) is 133 Å².